The summed E-state index contributed by atoms with van der Waals surface area (Å²) in [4.78, 5) is 16.4. The van der Waals surface area contributed by atoms with Crippen LogP contribution in [0.4, 0.5) is 0 Å². The number of hydrogen-bond donors (Lipinski definition) is 1. The second-order valence-electron chi connectivity index (χ2n) is 5.84. The van der Waals surface area contributed by atoms with E-state index in [2.05, 4.69) is 25.6 Å². The Labute approximate surface area is 149 Å². The average molecular weight is 347 g/mol. The second kappa shape index (κ2) is 6.75. The van der Waals surface area contributed by atoms with Crippen LogP contribution >= 0.6 is 0 Å². The van der Waals surface area contributed by atoms with Crippen molar-refractivity contribution in [1.82, 2.24) is 34.7 Å². The van der Waals surface area contributed by atoms with Crippen LogP contribution in [0.25, 0.3) is 16.9 Å². The Morgan fingerprint density at radius 3 is 2.85 bits per heavy atom. The highest BCUT2D eigenvalue weighted by atomic mass is 16.1. The van der Waals surface area contributed by atoms with Gasteiger partial charge in [0.05, 0.1) is 23.5 Å². The predicted molar refractivity (Wildman–Crippen MR) is 95.5 cm³/mol. The number of nitrogens with one attached hydrogen (secondary N) is 1. The van der Waals surface area contributed by atoms with Crippen molar-refractivity contribution in [1.29, 1.82) is 0 Å². The van der Waals surface area contributed by atoms with E-state index in [9.17, 15) is 4.79 Å². The molecular weight excluding hydrogens is 330 g/mol. The third-order valence-corrected chi connectivity index (χ3v) is 4.20. The zero-order valence-electron chi connectivity index (χ0n) is 14.2. The molecule has 26 heavy (non-hydrogen) atoms. The first kappa shape index (κ1) is 15.9. The summed E-state index contributed by atoms with van der Waals surface area (Å²) in [5.41, 5.74) is 2.19. The number of carbonyl (C=O) groups is 1. The summed E-state index contributed by atoms with van der Waals surface area (Å²) >= 11 is 0. The quantitative estimate of drug-likeness (QED) is 0.591. The van der Waals surface area contributed by atoms with Gasteiger partial charge in [0.15, 0.2) is 5.82 Å². The van der Waals surface area contributed by atoms with Crippen molar-refractivity contribution in [2.45, 2.75) is 6.42 Å². The van der Waals surface area contributed by atoms with E-state index in [4.69, 9.17) is 0 Å². The lowest BCUT2D eigenvalue weighted by atomic mass is 10.2. The minimum absolute atomic E-state index is 0.182. The summed E-state index contributed by atoms with van der Waals surface area (Å²) in [6.45, 7) is 0.456. The molecule has 0 fully saturated rings. The van der Waals surface area contributed by atoms with Crippen LogP contribution < -0.4 is 5.32 Å². The number of nitrogens with zero attached hydrogens (tertiary/aromatic N) is 6. The minimum atomic E-state index is -0.182. The molecule has 1 N–H and O–H groups in total. The molecular formula is C18H17N7O. The van der Waals surface area contributed by atoms with E-state index in [-0.39, 0.29) is 5.91 Å². The van der Waals surface area contributed by atoms with Crippen LogP contribution in [-0.2, 0) is 13.5 Å². The Morgan fingerprint density at radius 1 is 1.15 bits per heavy atom. The van der Waals surface area contributed by atoms with Crippen molar-refractivity contribution in [2.75, 3.05) is 6.54 Å². The molecule has 0 saturated heterocycles. The molecule has 4 aromatic rings. The standard InChI is InChI=1S/C18H17N7O/c1-24-16(22-23-17(24)13-5-3-2-4-6-13)7-8-20-18(26)14-11-21-25-10-9-19-12-15(14)25/h2-6,9-12H,7-8H2,1H3,(H,20,26). The summed E-state index contributed by atoms with van der Waals surface area (Å²) in [6.07, 6.45) is 7.08. The first-order chi connectivity index (χ1) is 12.7. The van der Waals surface area contributed by atoms with E-state index >= 15 is 0 Å². The molecule has 3 heterocycles. The lowest BCUT2D eigenvalue weighted by Crippen LogP contribution is -2.26. The third kappa shape index (κ3) is 2.92. The van der Waals surface area contributed by atoms with Crippen LogP contribution in [0.3, 0.4) is 0 Å². The maximum Gasteiger partial charge on any atom is 0.255 e. The van der Waals surface area contributed by atoms with Gasteiger partial charge in [-0.05, 0) is 0 Å². The van der Waals surface area contributed by atoms with Crippen LogP contribution in [0, 0.1) is 0 Å². The monoisotopic (exact) mass is 347 g/mol. The molecule has 1 amide bonds. The van der Waals surface area contributed by atoms with Gasteiger partial charge in [-0.25, -0.2) is 4.52 Å². The molecule has 0 aliphatic heterocycles. The van der Waals surface area contributed by atoms with Gasteiger partial charge >= 0.3 is 0 Å². The molecule has 0 bridgehead atoms. The molecule has 8 heteroatoms. The van der Waals surface area contributed by atoms with E-state index in [1.807, 2.05) is 41.9 Å². The Bertz CT molecular complexity index is 1050. The fourth-order valence-corrected chi connectivity index (χ4v) is 2.81. The molecule has 0 saturated carbocycles. The van der Waals surface area contributed by atoms with Crippen LogP contribution in [0.15, 0.2) is 55.1 Å². The molecule has 0 aliphatic rings. The van der Waals surface area contributed by atoms with Crippen molar-refractivity contribution in [3.05, 3.63) is 66.5 Å². The summed E-state index contributed by atoms with van der Waals surface area (Å²) < 4.78 is 3.57. The molecule has 4 rings (SSSR count). The molecule has 8 nitrogen and oxygen atoms in total. The Balaban J connectivity index is 1.42. The number of hydrogen-bond acceptors (Lipinski definition) is 5. The molecule has 130 valence electrons. The van der Waals surface area contributed by atoms with Crippen LogP contribution in [0.1, 0.15) is 16.2 Å². The molecule has 0 spiro atoms. The topological polar surface area (TPSA) is 90.0 Å². The average Bonchev–Trinajstić information content (AvgIpc) is 3.26. The number of amides is 1. The second-order valence-corrected chi connectivity index (χ2v) is 5.84. The van der Waals surface area contributed by atoms with Crippen LogP contribution in [0.5, 0.6) is 0 Å². The lowest BCUT2D eigenvalue weighted by Gasteiger charge is -2.05. The maximum atomic E-state index is 12.4. The predicted octanol–water partition coefficient (Wildman–Crippen LogP) is 1.50. The third-order valence-electron chi connectivity index (χ3n) is 4.20. The number of aromatic nitrogens is 6. The van der Waals surface area contributed by atoms with E-state index in [1.165, 1.54) is 0 Å². The van der Waals surface area contributed by atoms with Crippen LogP contribution in [-0.4, -0.2) is 41.8 Å². The van der Waals surface area contributed by atoms with Crippen LogP contribution in [0.2, 0.25) is 0 Å². The van der Waals surface area contributed by atoms with E-state index in [1.54, 1.807) is 29.3 Å². The molecule has 0 atom stereocenters. The van der Waals surface area contributed by atoms with Gasteiger partial charge < -0.3 is 9.88 Å². The Hall–Kier alpha value is -3.55. The first-order valence-electron chi connectivity index (χ1n) is 8.23. The largest absolute Gasteiger partial charge is 0.351 e. The molecule has 0 aliphatic carbocycles. The highest BCUT2D eigenvalue weighted by Crippen LogP contribution is 2.16. The highest BCUT2D eigenvalue weighted by molar-refractivity contribution is 6.00. The van der Waals surface area contributed by atoms with Gasteiger partial charge in [0.25, 0.3) is 5.91 Å². The smallest absolute Gasteiger partial charge is 0.255 e. The van der Waals surface area contributed by atoms with Crippen molar-refractivity contribution in [2.24, 2.45) is 7.05 Å². The molecule has 3 aromatic heterocycles. The van der Waals surface area contributed by atoms with Gasteiger partial charge in [0.1, 0.15) is 5.82 Å². The fraction of sp³-hybridized carbons (Fsp3) is 0.167. The fourth-order valence-electron chi connectivity index (χ4n) is 2.81. The van der Waals surface area contributed by atoms with Crippen molar-refractivity contribution >= 4 is 11.4 Å². The molecule has 1 aromatic carbocycles. The Kier molecular flexibility index (Phi) is 4.14. The van der Waals surface area contributed by atoms with Crippen molar-refractivity contribution in [3.8, 4) is 11.4 Å². The summed E-state index contributed by atoms with van der Waals surface area (Å²) in [5, 5.41) is 15.5. The summed E-state index contributed by atoms with van der Waals surface area (Å²) in [7, 11) is 1.93. The first-order valence-corrected chi connectivity index (χ1v) is 8.23. The Morgan fingerprint density at radius 2 is 2.00 bits per heavy atom. The normalized spacial score (nSPS) is 11.0. The van der Waals surface area contributed by atoms with E-state index in [0.717, 1.165) is 17.2 Å². The number of carbonyl (C=O) groups excluding carboxylic acids is 1. The van der Waals surface area contributed by atoms with Crippen molar-refractivity contribution in [3.63, 3.8) is 0 Å². The van der Waals surface area contributed by atoms with Gasteiger partial charge in [-0.1, -0.05) is 30.3 Å². The van der Waals surface area contributed by atoms with Gasteiger partial charge in [-0.2, -0.15) is 5.10 Å². The van der Waals surface area contributed by atoms with Gasteiger partial charge in [0.2, 0.25) is 0 Å². The maximum absolute atomic E-state index is 12.4. The number of rotatable bonds is 5. The van der Waals surface area contributed by atoms with Gasteiger partial charge in [0, 0.05) is 38.0 Å². The van der Waals surface area contributed by atoms with Crippen molar-refractivity contribution < 1.29 is 4.79 Å². The molecule has 0 radical (unpaired) electrons. The number of benzene rings is 1. The van der Waals surface area contributed by atoms with E-state index < -0.39 is 0 Å². The summed E-state index contributed by atoms with van der Waals surface area (Å²) in [5.74, 6) is 1.43. The minimum Gasteiger partial charge on any atom is -0.351 e. The van der Waals surface area contributed by atoms with Gasteiger partial charge in [-0.15, -0.1) is 10.2 Å². The highest BCUT2D eigenvalue weighted by Gasteiger charge is 2.14. The number of fused-ring (bicyclic) bond motifs is 1. The van der Waals surface area contributed by atoms with Gasteiger partial charge in [-0.3, -0.25) is 9.78 Å². The molecule has 0 unspecified atom stereocenters. The SMILES string of the molecule is Cn1c(CCNC(=O)c2cnn3ccncc23)nnc1-c1ccccc1. The zero-order chi connectivity index (χ0) is 17.9. The lowest BCUT2D eigenvalue weighted by molar-refractivity contribution is 0.0955. The van der Waals surface area contributed by atoms with E-state index in [0.29, 0.717) is 24.0 Å². The summed E-state index contributed by atoms with van der Waals surface area (Å²) in [6, 6.07) is 9.89. The zero-order valence-corrected chi connectivity index (χ0v) is 14.2.